The Bertz CT molecular complexity index is 1570. The number of hydrogen-bond donors (Lipinski definition) is 0. The molecule has 0 aliphatic heterocycles. The summed E-state index contributed by atoms with van der Waals surface area (Å²) < 4.78 is 41.0. The lowest BCUT2D eigenvalue weighted by Gasteiger charge is -2.10. The molecule has 0 saturated carbocycles. The van der Waals surface area contributed by atoms with E-state index < -0.39 is 17.6 Å². The highest BCUT2D eigenvalue weighted by Crippen LogP contribution is 2.35. The van der Waals surface area contributed by atoms with Gasteiger partial charge in [0.1, 0.15) is 23.5 Å². The van der Waals surface area contributed by atoms with Crippen LogP contribution in [0.3, 0.4) is 0 Å². The zero-order chi connectivity index (χ0) is 24.0. The third kappa shape index (κ3) is 3.51. The number of hydrogen-bond acceptors (Lipinski definition) is 6. The predicted molar refractivity (Wildman–Crippen MR) is 121 cm³/mol. The molecule has 0 unspecified atom stereocenters. The maximum atomic E-state index is 14.7. The highest BCUT2D eigenvalue weighted by Gasteiger charge is 2.21. The van der Waals surface area contributed by atoms with Crippen LogP contribution in [0.15, 0.2) is 59.3 Å². The highest BCUT2D eigenvalue weighted by atomic mass is 19.1. The first-order chi connectivity index (χ1) is 16.4. The zero-order valence-corrected chi connectivity index (χ0v) is 18.5. The van der Waals surface area contributed by atoms with Crippen LogP contribution in [0.2, 0.25) is 0 Å². The molecule has 3 aromatic carbocycles. The van der Waals surface area contributed by atoms with Crippen molar-refractivity contribution in [3.63, 3.8) is 0 Å². The smallest absolute Gasteiger partial charge is 0.340 e. The van der Waals surface area contributed by atoms with E-state index in [4.69, 9.17) is 4.42 Å². The number of carbonyl (C=O) groups excluding carboxylic acids is 1. The molecule has 2 aromatic heterocycles. The van der Waals surface area contributed by atoms with Gasteiger partial charge in [-0.2, -0.15) is 0 Å². The molecule has 170 valence electrons. The van der Waals surface area contributed by atoms with Gasteiger partial charge in [-0.1, -0.05) is 18.2 Å². The lowest BCUT2D eigenvalue weighted by molar-refractivity contribution is 0.0595. The van der Waals surface area contributed by atoms with E-state index in [0.29, 0.717) is 22.5 Å². The summed E-state index contributed by atoms with van der Waals surface area (Å²) in [7, 11) is 2.97. The third-order valence-electron chi connectivity index (χ3n) is 5.60. The van der Waals surface area contributed by atoms with Crippen molar-refractivity contribution in [3.8, 4) is 34.0 Å². The molecule has 34 heavy (non-hydrogen) atoms. The highest BCUT2D eigenvalue weighted by molar-refractivity contribution is 5.95. The van der Waals surface area contributed by atoms with Gasteiger partial charge in [-0.3, -0.25) is 0 Å². The van der Waals surface area contributed by atoms with Gasteiger partial charge in [0.05, 0.1) is 12.7 Å². The molecule has 0 aliphatic carbocycles. The monoisotopic (exact) mass is 460 g/mol. The normalized spacial score (nSPS) is 11.2. The zero-order valence-electron chi connectivity index (χ0n) is 18.5. The largest absolute Gasteiger partial charge is 0.465 e. The number of aromatic nitrogens is 4. The van der Waals surface area contributed by atoms with Gasteiger partial charge < -0.3 is 13.7 Å². The van der Waals surface area contributed by atoms with E-state index in [1.807, 2.05) is 18.2 Å². The Morgan fingerprint density at radius 2 is 1.85 bits per heavy atom. The Morgan fingerprint density at radius 3 is 2.59 bits per heavy atom. The van der Waals surface area contributed by atoms with Crippen LogP contribution in [0, 0.1) is 18.6 Å². The lowest BCUT2D eigenvalue weighted by atomic mass is 9.97. The molecule has 0 fully saturated rings. The molecule has 0 aliphatic rings. The van der Waals surface area contributed by atoms with E-state index in [9.17, 15) is 13.6 Å². The van der Waals surface area contributed by atoms with Gasteiger partial charge in [0.15, 0.2) is 11.4 Å². The van der Waals surface area contributed by atoms with Crippen LogP contribution in [0.25, 0.3) is 45.1 Å². The minimum absolute atomic E-state index is 0.163. The summed E-state index contributed by atoms with van der Waals surface area (Å²) in [5, 5.41) is 8.01. The van der Waals surface area contributed by atoms with E-state index in [2.05, 4.69) is 19.9 Å². The molecule has 5 aromatic rings. The van der Waals surface area contributed by atoms with Crippen molar-refractivity contribution >= 4 is 17.1 Å². The molecule has 0 spiro atoms. The second-order valence-corrected chi connectivity index (χ2v) is 7.76. The lowest BCUT2D eigenvalue weighted by Crippen LogP contribution is -2.05. The molecular weight excluding hydrogens is 442 g/mol. The molecule has 7 nitrogen and oxygen atoms in total. The Balaban J connectivity index is 1.64. The molecule has 5 rings (SSSR count). The topological polar surface area (TPSA) is 83.0 Å². The summed E-state index contributed by atoms with van der Waals surface area (Å²) in [6.45, 7) is 1.52. The number of methoxy groups -OCH3 is 1. The van der Waals surface area contributed by atoms with Gasteiger partial charge >= 0.3 is 5.97 Å². The van der Waals surface area contributed by atoms with Crippen molar-refractivity contribution in [1.82, 2.24) is 19.7 Å². The van der Waals surface area contributed by atoms with Gasteiger partial charge in [-0.15, -0.1) is 10.2 Å². The van der Waals surface area contributed by atoms with E-state index >= 15 is 0 Å². The molecule has 0 saturated heterocycles. The molecule has 0 bridgehead atoms. The van der Waals surface area contributed by atoms with Crippen molar-refractivity contribution in [1.29, 1.82) is 0 Å². The summed E-state index contributed by atoms with van der Waals surface area (Å²) in [5.41, 5.74) is 3.25. The second-order valence-electron chi connectivity index (χ2n) is 7.76. The molecule has 9 heteroatoms. The molecule has 0 atom stereocenters. The molecular formula is C25H18F2N4O3. The Hall–Kier alpha value is -4.40. The number of rotatable bonds is 4. The summed E-state index contributed by atoms with van der Waals surface area (Å²) in [4.78, 5) is 16.4. The van der Waals surface area contributed by atoms with Gasteiger partial charge in [-0.05, 0) is 48.4 Å². The number of benzene rings is 3. The number of fused-ring (bicyclic) bond motifs is 1. The first-order valence-electron chi connectivity index (χ1n) is 10.3. The molecule has 0 amide bonds. The summed E-state index contributed by atoms with van der Waals surface area (Å²) in [6.07, 6.45) is 1.54. The number of nitrogens with zero attached hydrogens (tertiary/aromatic N) is 4. The van der Waals surface area contributed by atoms with E-state index in [1.165, 1.54) is 32.2 Å². The number of halogens is 2. The SMILES string of the molecule is COC(=O)c1cc2nc(-c3cccc(-c4ccc(F)cc4-c4nncn4C)c3)oc2c(C)c1F. The van der Waals surface area contributed by atoms with Crippen LogP contribution in [0.5, 0.6) is 0 Å². The molecule has 0 N–H and O–H groups in total. The van der Waals surface area contributed by atoms with Crippen LogP contribution < -0.4 is 0 Å². The van der Waals surface area contributed by atoms with Gasteiger partial charge in [0.25, 0.3) is 0 Å². The van der Waals surface area contributed by atoms with E-state index in [1.54, 1.807) is 30.1 Å². The standard InChI is InChI=1S/C25H18F2N4O3/c1-13-21(27)19(25(32)33-3)11-20-22(13)34-24(29-20)15-6-4-5-14(9-15)17-8-7-16(26)10-18(17)23-30-28-12-31(23)2/h4-12H,1-3H3. The van der Waals surface area contributed by atoms with E-state index in [-0.39, 0.29) is 22.6 Å². The fraction of sp³-hybridized carbons (Fsp3) is 0.120. The summed E-state index contributed by atoms with van der Waals surface area (Å²) in [6, 6.07) is 13.1. The van der Waals surface area contributed by atoms with Crippen molar-refractivity contribution in [3.05, 3.63) is 77.6 Å². The third-order valence-corrected chi connectivity index (χ3v) is 5.60. The second kappa shape index (κ2) is 8.18. The van der Waals surface area contributed by atoms with Crippen LogP contribution in [0.1, 0.15) is 15.9 Å². The maximum Gasteiger partial charge on any atom is 0.340 e. The minimum atomic E-state index is -0.790. The van der Waals surface area contributed by atoms with Crippen LogP contribution >= 0.6 is 0 Å². The number of esters is 1. The molecule has 2 heterocycles. The number of carbonyl (C=O) groups is 1. The number of oxazole rings is 1. The Labute approximate surface area is 192 Å². The maximum absolute atomic E-state index is 14.7. The fourth-order valence-corrected chi connectivity index (χ4v) is 3.88. The Morgan fingerprint density at radius 1 is 1.06 bits per heavy atom. The summed E-state index contributed by atoms with van der Waals surface area (Å²) in [5.74, 6) is -1.13. The average Bonchev–Trinajstić information content (AvgIpc) is 3.47. The van der Waals surface area contributed by atoms with Crippen molar-refractivity contribution < 1.29 is 22.7 Å². The number of ether oxygens (including phenoxy) is 1. The first-order valence-corrected chi connectivity index (χ1v) is 10.3. The predicted octanol–water partition coefficient (Wildman–Crippen LogP) is 5.33. The Kier molecular flexibility index (Phi) is 5.16. The fourth-order valence-electron chi connectivity index (χ4n) is 3.88. The van der Waals surface area contributed by atoms with E-state index in [0.717, 1.165) is 11.1 Å². The van der Waals surface area contributed by atoms with Crippen molar-refractivity contribution in [2.24, 2.45) is 7.05 Å². The molecule has 0 radical (unpaired) electrons. The summed E-state index contributed by atoms with van der Waals surface area (Å²) >= 11 is 0. The van der Waals surface area contributed by atoms with Crippen molar-refractivity contribution in [2.45, 2.75) is 6.92 Å². The van der Waals surface area contributed by atoms with Gasteiger partial charge in [-0.25, -0.2) is 18.6 Å². The first kappa shape index (κ1) is 21.4. The average molecular weight is 460 g/mol. The van der Waals surface area contributed by atoms with Gasteiger partial charge in [0.2, 0.25) is 5.89 Å². The minimum Gasteiger partial charge on any atom is -0.465 e. The van der Waals surface area contributed by atoms with Crippen LogP contribution in [-0.4, -0.2) is 32.8 Å². The quantitative estimate of drug-likeness (QED) is 0.337. The number of aryl methyl sites for hydroxylation is 2. The van der Waals surface area contributed by atoms with Crippen molar-refractivity contribution in [2.75, 3.05) is 7.11 Å². The van der Waals surface area contributed by atoms with Gasteiger partial charge in [0, 0.05) is 23.7 Å². The van der Waals surface area contributed by atoms with Crippen LogP contribution in [-0.2, 0) is 11.8 Å². The van der Waals surface area contributed by atoms with Crippen LogP contribution in [0.4, 0.5) is 8.78 Å².